The summed E-state index contributed by atoms with van der Waals surface area (Å²) in [5.41, 5.74) is 0. The molecule has 14 heavy (non-hydrogen) atoms. The molecule has 0 aromatic heterocycles. The van der Waals surface area contributed by atoms with Gasteiger partial charge in [-0.2, -0.15) is 0 Å². The summed E-state index contributed by atoms with van der Waals surface area (Å²) < 4.78 is 5.17. The number of urea groups is 1. The minimum Gasteiger partial charge on any atom is -0.391 e. The summed E-state index contributed by atoms with van der Waals surface area (Å²) >= 11 is 0. The maximum absolute atomic E-state index is 11.8. The van der Waals surface area contributed by atoms with Gasteiger partial charge in [0.05, 0.1) is 19.3 Å². The highest BCUT2D eigenvalue weighted by molar-refractivity contribution is 5.74. The molecular formula is C9H16N2O3. The number of aliphatic hydroxyl groups excluding tert-OH is 1. The Morgan fingerprint density at radius 2 is 1.93 bits per heavy atom. The Morgan fingerprint density at radius 3 is 2.50 bits per heavy atom. The first-order valence-electron chi connectivity index (χ1n) is 5.07. The maximum atomic E-state index is 11.8. The Labute approximate surface area is 83.2 Å². The minimum atomic E-state index is -0.333. The molecule has 0 unspecified atom stereocenters. The number of hydrogen-bond donors (Lipinski definition) is 1. The summed E-state index contributed by atoms with van der Waals surface area (Å²) in [4.78, 5) is 15.3. The Balaban J connectivity index is 1.87. The fraction of sp³-hybridized carbons (Fsp3) is 0.889. The third-order valence-corrected chi connectivity index (χ3v) is 2.72. The third-order valence-electron chi connectivity index (χ3n) is 2.72. The number of ether oxygens (including phenoxy) is 1. The molecule has 2 rings (SSSR count). The van der Waals surface area contributed by atoms with Crippen LogP contribution < -0.4 is 0 Å². The third kappa shape index (κ3) is 1.99. The van der Waals surface area contributed by atoms with E-state index in [1.54, 1.807) is 9.80 Å². The molecule has 5 heteroatoms. The zero-order valence-electron chi connectivity index (χ0n) is 8.19. The zero-order valence-corrected chi connectivity index (χ0v) is 8.19. The van der Waals surface area contributed by atoms with Crippen LogP contribution in [0.2, 0.25) is 0 Å². The lowest BCUT2D eigenvalue weighted by atomic mass is 10.3. The van der Waals surface area contributed by atoms with E-state index < -0.39 is 0 Å². The number of hydrogen-bond acceptors (Lipinski definition) is 3. The number of likely N-dealkylation sites (tertiary alicyclic amines) is 1. The number of β-amino-alcohol motifs (C(OH)–C–C–N with tert-alkyl or cyclic N) is 1. The molecule has 2 heterocycles. The van der Waals surface area contributed by atoms with Crippen molar-refractivity contribution in [2.45, 2.75) is 12.5 Å². The molecule has 0 aromatic rings. The second-order valence-electron chi connectivity index (χ2n) is 3.77. The van der Waals surface area contributed by atoms with E-state index in [1.165, 1.54) is 0 Å². The van der Waals surface area contributed by atoms with Crippen LogP contribution in [-0.4, -0.2) is 66.4 Å². The standard InChI is InChI=1S/C9H16N2O3/c12-8-1-2-11(7-8)9(13)10-3-5-14-6-4-10/h8,12H,1-7H2/t8-/m1/s1. The Morgan fingerprint density at radius 1 is 1.21 bits per heavy atom. The quantitative estimate of drug-likeness (QED) is 0.574. The van der Waals surface area contributed by atoms with Gasteiger partial charge >= 0.3 is 6.03 Å². The van der Waals surface area contributed by atoms with Crippen molar-refractivity contribution in [3.63, 3.8) is 0 Å². The normalized spacial score (nSPS) is 28.2. The van der Waals surface area contributed by atoms with Crippen molar-refractivity contribution in [2.24, 2.45) is 0 Å². The number of aliphatic hydroxyl groups is 1. The van der Waals surface area contributed by atoms with Gasteiger partial charge in [0, 0.05) is 26.2 Å². The molecule has 0 saturated carbocycles. The molecule has 0 bridgehead atoms. The number of carbonyl (C=O) groups is 1. The summed E-state index contributed by atoms with van der Waals surface area (Å²) in [6.07, 6.45) is 0.371. The second kappa shape index (κ2) is 4.14. The Bertz CT molecular complexity index is 209. The van der Waals surface area contributed by atoms with Gasteiger partial charge in [0.1, 0.15) is 0 Å². The summed E-state index contributed by atoms with van der Waals surface area (Å²) in [6.45, 7) is 3.76. The fourth-order valence-corrected chi connectivity index (χ4v) is 1.87. The molecule has 2 saturated heterocycles. The van der Waals surface area contributed by atoms with Crippen molar-refractivity contribution >= 4 is 6.03 Å². The van der Waals surface area contributed by atoms with Crippen LogP contribution >= 0.6 is 0 Å². The van der Waals surface area contributed by atoms with E-state index in [4.69, 9.17) is 4.74 Å². The predicted octanol–water partition coefficient (Wildman–Crippen LogP) is -0.495. The summed E-state index contributed by atoms with van der Waals surface area (Å²) in [5, 5.41) is 9.31. The molecule has 2 amide bonds. The van der Waals surface area contributed by atoms with E-state index >= 15 is 0 Å². The molecule has 0 aliphatic carbocycles. The average molecular weight is 200 g/mol. The molecule has 2 fully saturated rings. The summed E-state index contributed by atoms with van der Waals surface area (Å²) in [7, 11) is 0. The number of amides is 2. The van der Waals surface area contributed by atoms with Gasteiger partial charge in [0.15, 0.2) is 0 Å². The van der Waals surface area contributed by atoms with E-state index in [1.807, 2.05) is 0 Å². The van der Waals surface area contributed by atoms with Gasteiger partial charge in [0.2, 0.25) is 0 Å². The molecule has 5 nitrogen and oxygen atoms in total. The molecule has 0 radical (unpaired) electrons. The molecule has 2 aliphatic rings. The van der Waals surface area contributed by atoms with E-state index in [9.17, 15) is 9.90 Å². The number of morpholine rings is 1. The van der Waals surface area contributed by atoms with Crippen molar-refractivity contribution in [1.29, 1.82) is 0 Å². The van der Waals surface area contributed by atoms with Crippen LogP contribution in [0.5, 0.6) is 0 Å². The Hall–Kier alpha value is -0.810. The van der Waals surface area contributed by atoms with Gasteiger partial charge in [-0.05, 0) is 6.42 Å². The van der Waals surface area contributed by atoms with Crippen LogP contribution in [0, 0.1) is 0 Å². The average Bonchev–Trinajstić information content (AvgIpc) is 2.65. The Kier molecular flexibility index (Phi) is 2.88. The van der Waals surface area contributed by atoms with Crippen molar-refractivity contribution in [3.05, 3.63) is 0 Å². The van der Waals surface area contributed by atoms with Crippen LogP contribution in [0.25, 0.3) is 0 Å². The predicted molar refractivity (Wildman–Crippen MR) is 50.0 cm³/mol. The van der Waals surface area contributed by atoms with E-state index in [-0.39, 0.29) is 12.1 Å². The lowest BCUT2D eigenvalue weighted by Gasteiger charge is -2.30. The van der Waals surface area contributed by atoms with Gasteiger partial charge < -0.3 is 19.6 Å². The summed E-state index contributed by atoms with van der Waals surface area (Å²) in [5.74, 6) is 0. The molecular weight excluding hydrogens is 184 g/mol. The first kappa shape index (κ1) is 9.73. The highest BCUT2D eigenvalue weighted by atomic mass is 16.5. The lowest BCUT2D eigenvalue weighted by Crippen LogP contribution is -2.47. The number of rotatable bonds is 0. The first-order valence-corrected chi connectivity index (χ1v) is 5.07. The van der Waals surface area contributed by atoms with Gasteiger partial charge in [-0.1, -0.05) is 0 Å². The van der Waals surface area contributed by atoms with Gasteiger partial charge in [-0.3, -0.25) is 0 Å². The van der Waals surface area contributed by atoms with Gasteiger partial charge in [-0.15, -0.1) is 0 Å². The van der Waals surface area contributed by atoms with E-state index in [0.717, 1.165) is 0 Å². The topological polar surface area (TPSA) is 53.0 Å². The molecule has 2 aliphatic heterocycles. The smallest absolute Gasteiger partial charge is 0.320 e. The van der Waals surface area contributed by atoms with Crippen LogP contribution in [-0.2, 0) is 4.74 Å². The highest BCUT2D eigenvalue weighted by Crippen LogP contribution is 2.12. The van der Waals surface area contributed by atoms with Crippen LogP contribution in [0.3, 0.4) is 0 Å². The largest absolute Gasteiger partial charge is 0.391 e. The zero-order chi connectivity index (χ0) is 9.97. The lowest BCUT2D eigenvalue weighted by molar-refractivity contribution is 0.0441. The van der Waals surface area contributed by atoms with Gasteiger partial charge in [-0.25, -0.2) is 4.79 Å². The van der Waals surface area contributed by atoms with Crippen LogP contribution in [0.1, 0.15) is 6.42 Å². The van der Waals surface area contributed by atoms with Crippen molar-refractivity contribution in [3.8, 4) is 0 Å². The van der Waals surface area contributed by atoms with Crippen molar-refractivity contribution in [2.75, 3.05) is 39.4 Å². The monoisotopic (exact) mass is 200 g/mol. The molecule has 80 valence electrons. The number of carbonyl (C=O) groups excluding carboxylic acids is 1. The SMILES string of the molecule is O=C(N1CCOCC1)N1CC[C@@H](O)C1. The minimum absolute atomic E-state index is 0.0462. The second-order valence-corrected chi connectivity index (χ2v) is 3.77. The van der Waals surface area contributed by atoms with Crippen molar-refractivity contribution < 1.29 is 14.6 Å². The maximum Gasteiger partial charge on any atom is 0.320 e. The molecule has 1 N–H and O–H groups in total. The van der Waals surface area contributed by atoms with Crippen molar-refractivity contribution in [1.82, 2.24) is 9.80 Å². The first-order chi connectivity index (χ1) is 6.77. The highest BCUT2D eigenvalue weighted by Gasteiger charge is 2.28. The molecule has 0 spiro atoms. The number of nitrogens with zero attached hydrogens (tertiary/aromatic N) is 2. The van der Waals surface area contributed by atoms with E-state index in [2.05, 4.69) is 0 Å². The van der Waals surface area contributed by atoms with Crippen LogP contribution in [0.15, 0.2) is 0 Å². The molecule has 0 aromatic carbocycles. The van der Waals surface area contributed by atoms with Crippen LogP contribution in [0.4, 0.5) is 4.79 Å². The van der Waals surface area contributed by atoms with E-state index in [0.29, 0.717) is 45.8 Å². The molecule has 1 atom stereocenters. The summed E-state index contributed by atoms with van der Waals surface area (Å²) in [6, 6.07) is 0.0462. The van der Waals surface area contributed by atoms with Gasteiger partial charge in [0.25, 0.3) is 0 Å². The fourth-order valence-electron chi connectivity index (χ4n) is 1.87.